The van der Waals surface area contributed by atoms with Crippen LogP contribution in [0.25, 0.3) is 0 Å². The average Bonchev–Trinajstić information content (AvgIpc) is 3.37. The highest BCUT2D eigenvalue weighted by Crippen LogP contribution is 2.45. The number of hydrogen-bond acceptors (Lipinski definition) is 3. The van der Waals surface area contributed by atoms with Gasteiger partial charge in [-0.1, -0.05) is 12.1 Å². The lowest BCUT2D eigenvalue weighted by atomic mass is 10.1. The largest absolute Gasteiger partial charge is 0.313 e. The molecule has 2 fully saturated rings. The maximum atomic E-state index is 12.5. The van der Waals surface area contributed by atoms with Gasteiger partial charge < -0.3 is 5.32 Å². The van der Waals surface area contributed by atoms with Crippen LogP contribution in [0, 0.1) is 11.8 Å². The van der Waals surface area contributed by atoms with Gasteiger partial charge in [0.05, 0.1) is 4.90 Å². The van der Waals surface area contributed by atoms with Gasteiger partial charge in [0.15, 0.2) is 0 Å². The minimum Gasteiger partial charge on any atom is -0.313 e. The number of benzene rings is 1. The molecule has 0 saturated heterocycles. The van der Waals surface area contributed by atoms with Crippen LogP contribution in [0.5, 0.6) is 0 Å². The maximum Gasteiger partial charge on any atom is 0.240 e. The van der Waals surface area contributed by atoms with E-state index in [2.05, 4.69) is 17.0 Å². The molecular weight excluding hydrogens is 284 g/mol. The van der Waals surface area contributed by atoms with E-state index in [0.29, 0.717) is 16.7 Å². The van der Waals surface area contributed by atoms with E-state index in [0.717, 1.165) is 5.56 Å². The molecule has 3 rings (SSSR count). The zero-order valence-electron chi connectivity index (χ0n) is 12.7. The van der Waals surface area contributed by atoms with E-state index in [4.69, 9.17) is 0 Å². The Kier molecular flexibility index (Phi) is 4.08. The molecule has 2 N–H and O–H groups in total. The second kappa shape index (κ2) is 5.71. The van der Waals surface area contributed by atoms with E-state index >= 15 is 0 Å². The Labute approximate surface area is 127 Å². The molecule has 0 aliphatic heterocycles. The lowest BCUT2D eigenvalue weighted by molar-refractivity contribution is 0.471. The molecule has 0 aromatic heterocycles. The van der Waals surface area contributed by atoms with E-state index in [1.807, 2.05) is 19.2 Å². The fraction of sp³-hybridized carbons (Fsp3) is 0.625. The van der Waals surface area contributed by atoms with E-state index in [1.165, 1.54) is 25.7 Å². The minimum atomic E-state index is -3.39. The van der Waals surface area contributed by atoms with Gasteiger partial charge in [-0.15, -0.1) is 0 Å². The topological polar surface area (TPSA) is 58.2 Å². The van der Waals surface area contributed by atoms with Crippen LogP contribution < -0.4 is 10.0 Å². The third kappa shape index (κ3) is 3.47. The van der Waals surface area contributed by atoms with Crippen LogP contribution in [0.1, 0.15) is 44.2 Å². The Morgan fingerprint density at radius 1 is 1.05 bits per heavy atom. The first-order valence-corrected chi connectivity index (χ1v) is 9.29. The van der Waals surface area contributed by atoms with Gasteiger partial charge in [-0.3, -0.25) is 0 Å². The quantitative estimate of drug-likeness (QED) is 0.813. The van der Waals surface area contributed by atoms with Crippen LogP contribution in [-0.2, 0) is 10.0 Å². The molecule has 0 heterocycles. The third-order valence-electron chi connectivity index (χ3n) is 4.67. The van der Waals surface area contributed by atoms with Gasteiger partial charge in [-0.25, -0.2) is 13.1 Å². The number of nitrogens with one attached hydrogen (secondary N) is 2. The van der Waals surface area contributed by atoms with Crippen molar-refractivity contribution in [3.8, 4) is 0 Å². The molecule has 2 aliphatic carbocycles. The molecule has 0 bridgehead atoms. The van der Waals surface area contributed by atoms with Gasteiger partial charge in [-0.05, 0) is 69.2 Å². The molecule has 116 valence electrons. The van der Waals surface area contributed by atoms with Gasteiger partial charge in [0, 0.05) is 12.1 Å². The summed E-state index contributed by atoms with van der Waals surface area (Å²) in [7, 11) is -1.49. The molecule has 5 heteroatoms. The molecule has 0 spiro atoms. The molecule has 21 heavy (non-hydrogen) atoms. The zero-order chi connectivity index (χ0) is 15.0. The third-order valence-corrected chi connectivity index (χ3v) is 6.15. The molecule has 1 aromatic rings. The van der Waals surface area contributed by atoms with Crippen molar-refractivity contribution in [1.29, 1.82) is 0 Å². The summed E-state index contributed by atoms with van der Waals surface area (Å²) in [5, 5.41) is 3.15. The fourth-order valence-electron chi connectivity index (χ4n) is 2.84. The second-order valence-corrected chi connectivity index (χ2v) is 8.12. The molecule has 0 radical (unpaired) electrons. The first-order chi connectivity index (χ1) is 10.0. The van der Waals surface area contributed by atoms with E-state index in [9.17, 15) is 8.42 Å². The Morgan fingerprint density at radius 3 is 2.00 bits per heavy atom. The highest BCUT2D eigenvalue weighted by atomic mass is 32.2. The van der Waals surface area contributed by atoms with Crippen molar-refractivity contribution in [3.63, 3.8) is 0 Å². The highest BCUT2D eigenvalue weighted by Gasteiger charge is 2.43. The Balaban J connectivity index is 1.74. The lowest BCUT2D eigenvalue weighted by Gasteiger charge is -2.18. The van der Waals surface area contributed by atoms with Crippen LogP contribution in [-0.4, -0.2) is 21.5 Å². The molecule has 4 nitrogen and oxygen atoms in total. The summed E-state index contributed by atoms with van der Waals surface area (Å²) >= 11 is 0. The van der Waals surface area contributed by atoms with Crippen LogP contribution in [0.3, 0.4) is 0 Å². The number of sulfonamides is 1. The van der Waals surface area contributed by atoms with Crippen molar-refractivity contribution >= 4 is 10.0 Å². The van der Waals surface area contributed by atoms with Crippen molar-refractivity contribution in [1.82, 2.24) is 10.0 Å². The first kappa shape index (κ1) is 15.0. The summed E-state index contributed by atoms with van der Waals surface area (Å²) < 4.78 is 28.0. The van der Waals surface area contributed by atoms with Gasteiger partial charge in [0.2, 0.25) is 10.0 Å². The fourth-order valence-corrected chi connectivity index (χ4v) is 4.21. The summed E-state index contributed by atoms with van der Waals surface area (Å²) in [6, 6.07) is 7.58. The SMILES string of the molecule is CNC(C)c1ccc(S(=O)(=O)NC(C2CC2)C2CC2)cc1. The molecule has 2 aliphatic rings. The second-order valence-electron chi connectivity index (χ2n) is 6.40. The van der Waals surface area contributed by atoms with Crippen LogP contribution in [0.2, 0.25) is 0 Å². The summed E-state index contributed by atoms with van der Waals surface area (Å²) in [4.78, 5) is 0.376. The Morgan fingerprint density at radius 2 is 1.57 bits per heavy atom. The Bertz CT molecular complexity index is 577. The smallest absolute Gasteiger partial charge is 0.240 e. The van der Waals surface area contributed by atoms with Crippen molar-refractivity contribution in [2.75, 3.05) is 7.05 Å². The zero-order valence-corrected chi connectivity index (χ0v) is 13.5. The maximum absolute atomic E-state index is 12.5. The van der Waals surface area contributed by atoms with E-state index < -0.39 is 10.0 Å². The van der Waals surface area contributed by atoms with Crippen LogP contribution >= 0.6 is 0 Å². The molecule has 1 aromatic carbocycles. The van der Waals surface area contributed by atoms with Gasteiger partial charge in [0.25, 0.3) is 0 Å². The van der Waals surface area contributed by atoms with Gasteiger partial charge in [-0.2, -0.15) is 0 Å². The highest BCUT2D eigenvalue weighted by molar-refractivity contribution is 7.89. The minimum absolute atomic E-state index is 0.158. The van der Waals surface area contributed by atoms with Crippen LogP contribution in [0.15, 0.2) is 29.2 Å². The Hall–Kier alpha value is -0.910. The summed E-state index contributed by atoms with van der Waals surface area (Å²) in [5.74, 6) is 1.13. The first-order valence-electron chi connectivity index (χ1n) is 7.81. The van der Waals surface area contributed by atoms with Crippen molar-refractivity contribution in [2.24, 2.45) is 11.8 Å². The van der Waals surface area contributed by atoms with Crippen molar-refractivity contribution in [3.05, 3.63) is 29.8 Å². The summed E-state index contributed by atoms with van der Waals surface area (Å²) in [5.41, 5.74) is 1.09. The van der Waals surface area contributed by atoms with E-state index in [1.54, 1.807) is 12.1 Å². The lowest BCUT2D eigenvalue weighted by Crippen LogP contribution is -2.38. The van der Waals surface area contributed by atoms with Gasteiger partial charge >= 0.3 is 0 Å². The predicted molar refractivity (Wildman–Crippen MR) is 83.5 cm³/mol. The predicted octanol–water partition coefficient (Wildman–Crippen LogP) is 2.43. The summed E-state index contributed by atoms with van der Waals surface area (Å²) in [6.07, 6.45) is 4.68. The molecule has 1 unspecified atom stereocenters. The molecular formula is C16H24N2O2S. The molecule has 2 saturated carbocycles. The average molecular weight is 308 g/mol. The monoisotopic (exact) mass is 308 g/mol. The van der Waals surface area contributed by atoms with E-state index in [-0.39, 0.29) is 12.1 Å². The number of rotatable bonds is 7. The normalized spacial score (nSPS) is 20.7. The molecule has 0 amide bonds. The van der Waals surface area contributed by atoms with Gasteiger partial charge in [0.1, 0.15) is 0 Å². The summed E-state index contributed by atoms with van der Waals surface area (Å²) in [6.45, 7) is 2.05. The van der Waals surface area contributed by atoms with Crippen molar-refractivity contribution in [2.45, 2.75) is 49.6 Å². The standard InChI is InChI=1S/C16H24N2O2S/c1-11(17-2)12-7-9-15(10-8-12)21(19,20)18-16(13-3-4-13)14-5-6-14/h7-11,13-14,16-18H,3-6H2,1-2H3. The van der Waals surface area contributed by atoms with Crippen molar-refractivity contribution < 1.29 is 8.42 Å². The molecule has 1 atom stereocenters. The number of hydrogen-bond donors (Lipinski definition) is 2. The van der Waals surface area contributed by atoms with Crippen LogP contribution in [0.4, 0.5) is 0 Å².